The summed E-state index contributed by atoms with van der Waals surface area (Å²) < 4.78 is 39.0. The van der Waals surface area contributed by atoms with Crippen LogP contribution in [0.2, 0.25) is 0 Å². The normalized spacial score (nSPS) is 15.5. The third-order valence-corrected chi connectivity index (χ3v) is 4.66. The monoisotopic (exact) mass is 423 g/mol. The van der Waals surface area contributed by atoms with Crippen LogP contribution < -0.4 is 5.73 Å². The first-order valence-corrected chi connectivity index (χ1v) is 9.18. The smallest absolute Gasteiger partial charge is 0.475 e. The van der Waals surface area contributed by atoms with Gasteiger partial charge in [0.25, 0.3) is 0 Å². The molecule has 4 rings (SSSR count). The summed E-state index contributed by atoms with van der Waals surface area (Å²) >= 11 is 0. The molecule has 8 nitrogen and oxygen atoms in total. The fourth-order valence-electron chi connectivity index (χ4n) is 3.11. The molecule has 0 saturated heterocycles. The van der Waals surface area contributed by atoms with Crippen LogP contribution in [0.25, 0.3) is 5.69 Å². The van der Waals surface area contributed by atoms with Crippen molar-refractivity contribution in [1.82, 2.24) is 19.9 Å². The molecule has 30 heavy (non-hydrogen) atoms. The van der Waals surface area contributed by atoms with Crippen molar-refractivity contribution in [3.63, 3.8) is 0 Å². The number of carboxylic acid groups (broad SMARTS) is 1. The van der Waals surface area contributed by atoms with E-state index in [1.807, 2.05) is 47.4 Å². The van der Waals surface area contributed by atoms with Gasteiger partial charge in [0.2, 0.25) is 5.89 Å². The molecule has 2 heterocycles. The van der Waals surface area contributed by atoms with Crippen molar-refractivity contribution >= 4 is 5.97 Å². The molecule has 160 valence electrons. The van der Waals surface area contributed by atoms with E-state index in [1.54, 1.807) is 0 Å². The van der Waals surface area contributed by atoms with E-state index >= 15 is 0 Å². The largest absolute Gasteiger partial charge is 0.490 e. The van der Waals surface area contributed by atoms with Crippen molar-refractivity contribution in [3.8, 4) is 5.69 Å². The van der Waals surface area contributed by atoms with E-state index in [0.717, 1.165) is 36.9 Å². The summed E-state index contributed by atoms with van der Waals surface area (Å²) in [6.07, 6.45) is 3.40. The molecule has 1 aliphatic carbocycles. The van der Waals surface area contributed by atoms with Gasteiger partial charge < -0.3 is 15.4 Å². The maximum atomic E-state index is 10.6. The lowest BCUT2D eigenvalue weighted by Gasteiger charge is -2.17. The number of nitrogens with zero attached hydrogens (tertiary/aromatic N) is 4. The number of alkyl halides is 3. The summed E-state index contributed by atoms with van der Waals surface area (Å²) in [6, 6.07) is 9.99. The number of carbonyl (C=O) groups is 1. The number of hydrogen-bond donors (Lipinski definition) is 2. The van der Waals surface area contributed by atoms with Gasteiger partial charge in [-0.25, -0.2) is 9.48 Å². The molecule has 1 fully saturated rings. The van der Waals surface area contributed by atoms with Crippen molar-refractivity contribution in [2.45, 2.75) is 43.8 Å². The van der Waals surface area contributed by atoms with Gasteiger partial charge in [0.15, 0.2) is 5.82 Å². The van der Waals surface area contributed by atoms with Gasteiger partial charge >= 0.3 is 12.1 Å². The lowest BCUT2D eigenvalue weighted by molar-refractivity contribution is -0.192. The maximum absolute atomic E-state index is 10.6. The first-order chi connectivity index (χ1) is 14.2. The van der Waals surface area contributed by atoms with Gasteiger partial charge in [0.1, 0.15) is 0 Å². The van der Waals surface area contributed by atoms with Crippen LogP contribution in [0.4, 0.5) is 13.2 Å². The highest BCUT2D eigenvalue weighted by molar-refractivity contribution is 5.73. The fraction of sp³-hybridized carbons (Fsp3) is 0.368. The average molecular weight is 423 g/mol. The highest BCUT2D eigenvalue weighted by Crippen LogP contribution is 2.34. The van der Waals surface area contributed by atoms with E-state index in [9.17, 15) is 13.2 Å². The number of rotatable bonds is 4. The van der Waals surface area contributed by atoms with Gasteiger partial charge in [0, 0.05) is 6.20 Å². The zero-order chi connectivity index (χ0) is 21.8. The molecular weight excluding hydrogens is 403 g/mol. The van der Waals surface area contributed by atoms with E-state index in [-0.39, 0.29) is 0 Å². The van der Waals surface area contributed by atoms with E-state index in [1.165, 1.54) is 0 Å². The molecule has 11 heteroatoms. The van der Waals surface area contributed by atoms with Crippen molar-refractivity contribution < 1.29 is 27.6 Å². The van der Waals surface area contributed by atoms with E-state index in [0.29, 0.717) is 18.1 Å². The minimum atomic E-state index is -5.08. The van der Waals surface area contributed by atoms with Gasteiger partial charge in [0.05, 0.1) is 23.8 Å². The average Bonchev–Trinajstić information content (AvgIpc) is 3.44. The second kappa shape index (κ2) is 8.66. The van der Waals surface area contributed by atoms with Gasteiger partial charge in [-0.05, 0) is 30.5 Å². The summed E-state index contributed by atoms with van der Waals surface area (Å²) in [6.45, 7) is 0. The van der Waals surface area contributed by atoms with Gasteiger partial charge in [-0.1, -0.05) is 36.2 Å². The van der Waals surface area contributed by atoms with Gasteiger partial charge in [-0.2, -0.15) is 23.3 Å². The molecule has 3 N–H and O–H groups in total. The number of benzene rings is 1. The Hall–Kier alpha value is -3.21. The Labute approximate surface area is 169 Å². The number of carboxylic acids is 1. The number of aromatic nitrogens is 4. The quantitative estimate of drug-likeness (QED) is 0.661. The van der Waals surface area contributed by atoms with Gasteiger partial charge in [-0.3, -0.25) is 0 Å². The number of hydrogen-bond acceptors (Lipinski definition) is 6. The first-order valence-electron chi connectivity index (χ1n) is 9.18. The molecule has 1 saturated carbocycles. The Balaban J connectivity index is 0.000000318. The molecule has 0 amide bonds. The Morgan fingerprint density at radius 1 is 1.23 bits per heavy atom. The summed E-state index contributed by atoms with van der Waals surface area (Å²) in [5.74, 6) is -1.53. The molecule has 0 unspecified atom stereocenters. The minimum Gasteiger partial charge on any atom is -0.475 e. The van der Waals surface area contributed by atoms with Crippen LogP contribution in [0.1, 0.15) is 43.0 Å². The Morgan fingerprint density at radius 2 is 1.87 bits per heavy atom. The summed E-state index contributed by atoms with van der Waals surface area (Å²) in [5.41, 5.74) is 8.01. The number of para-hydroxylation sites is 1. The summed E-state index contributed by atoms with van der Waals surface area (Å²) in [7, 11) is 0. The minimum absolute atomic E-state index is 0.407. The Kier molecular flexibility index (Phi) is 6.20. The summed E-state index contributed by atoms with van der Waals surface area (Å²) in [4.78, 5) is 13.4. The summed E-state index contributed by atoms with van der Waals surface area (Å²) in [5, 5.41) is 15.6. The molecule has 0 atom stereocenters. The van der Waals surface area contributed by atoms with Crippen LogP contribution in [0.5, 0.6) is 0 Å². The van der Waals surface area contributed by atoms with Crippen LogP contribution in [0, 0.1) is 0 Å². The molecular formula is C19H20F3N5O3. The van der Waals surface area contributed by atoms with Crippen LogP contribution in [0.3, 0.4) is 0 Å². The molecule has 3 aromatic rings. The fourth-order valence-corrected chi connectivity index (χ4v) is 3.11. The van der Waals surface area contributed by atoms with Crippen molar-refractivity contribution in [1.29, 1.82) is 0 Å². The third kappa shape index (κ3) is 5.23. The number of aliphatic carboxylic acids is 1. The maximum Gasteiger partial charge on any atom is 0.490 e. The van der Waals surface area contributed by atoms with Crippen LogP contribution in [-0.4, -0.2) is 37.2 Å². The zero-order valence-corrected chi connectivity index (χ0v) is 15.8. The van der Waals surface area contributed by atoms with E-state index < -0.39 is 17.7 Å². The standard InChI is InChI=1S/C17H19N5O.C2HF3O2/c18-17(8-4-5-9-17)16-20-15(23-21-16)10-13-11-19-22(12-13)14-6-2-1-3-7-14;3-2(4,5)1(6)7/h1-3,6-7,11-12H,4-5,8-10,18H2;(H,6,7). The molecule has 0 spiro atoms. The molecule has 0 bridgehead atoms. The molecule has 0 radical (unpaired) electrons. The SMILES string of the molecule is NC1(c2noc(Cc3cnn(-c4ccccc4)c3)n2)CCCC1.O=C(O)C(F)(F)F. The van der Waals surface area contributed by atoms with E-state index in [4.69, 9.17) is 20.2 Å². The van der Waals surface area contributed by atoms with Crippen molar-refractivity contribution in [3.05, 3.63) is 60.0 Å². The number of nitrogens with two attached hydrogens (primary N) is 1. The van der Waals surface area contributed by atoms with Crippen LogP contribution in [0.15, 0.2) is 47.2 Å². The van der Waals surface area contributed by atoms with Crippen LogP contribution >= 0.6 is 0 Å². The lowest BCUT2D eigenvalue weighted by Crippen LogP contribution is -2.34. The zero-order valence-electron chi connectivity index (χ0n) is 15.8. The number of halogens is 3. The van der Waals surface area contributed by atoms with Gasteiger partial charge in [-0.15, -0.1) is 0 Å². The van der Waals surface area contributed by atoms with Crippen molar-refractivity contribution in [2.24, 2.45) is 5.73 Å². The second-order valence-corrected chi connectivity index (χ2v) is 6.98. The van der Waals surface area contributed by atoms with Crippen molar-refractivity contribution in [2.75, 3.05) is 0 Å². The molecule has 2 aromatic heterocycles. The molecule has 1 aliphatic rings. The van der Waals surface area contributed by atoms with E-state index in [2.05, 4.69) is 15.2 Å². The highest BCUT2D eigenvalue weighted by atomic mass is 19.4. The molecule has 1 aromatic carbocycles. The highest BCUT2D eigenvalue weighted by Gasteiger charge is 2.38. The predicted molar refractivity (Wildman–Crippen MR) is 98.7 cm³/mol. The third-order valence-electron chi connectivity index (χ3n) is 4.66. The molecule has 0 aliphatic heterocycles. The second-order valence-electron chi connectivity index (χ2n) is 6.98. The predicted octanol–water partition coefficient (Wildman–Crippen LogP) is 3.21. The van der Waals surface area contributed by atoms with Crippen LogP contribution in [-0.2, 0) is 16.8 Å². The Morgan fingerprint density at radius 3 is 2.47 bits per heavy atom. The first kappa shape index (κ1) is 21.5. The lowest BCUT2D eigenvalue weighted by atomic mass is 9.99. The Bertz CT molecular complexity index is 979. The topological polar surface area (TPSA) is 120 Å².